The quantitative estimate of drug-likeness (QED) is 0.618. The molecule has 2 N–H and O–H groups in total. The van der Waals surface area contributed by atoms with E-state index >= 15 is 0 Å². The number of hydrogen-bond donors (Lipinski definition) is 2. The molecule has 0 atom stereocenters. The Kier molecular flexibility index (Phi) is 8.73. The second-order valence-corrected chi connectivity index (χ2v) is 5.07. The first-order valence-corrected chi connectivity index (χ1v) is 7.32. The largest absolute Gasteiger partial charge is 1.00 e. The van der Waals surface area contributed by atoms with Gasteiger partial charge in [-0.25, -0.2) is 0 Å². The van der Waals surface area contributed by atoms with Crippen LogP contribution in [0.4, 0.5) is 0 Å². The van der Waals surface area contributed by atoms with Gasteiger partial charge in [-0.2, -0.15) is 0 Å². The smallest absolute Gasteiger partial charge is 0.180 e. The van der Waals surface area contributed by atoms with Crippen LogP contribution < -0.4 is 27.2 Å². The van der Waals surface area contributed by atoms with E-state index in [-0.39, 0.29) is 19.0 Å². The predicted octanol–water partition coefficient (Wildman–Crippen LogP) is -0.591. The van der Waals surface area contributed by atoms with E-state index < -0.39 is 0 Å². The van der Waals surface area contributed by atoms with Gasteiger partial charge in [0.05, 0.1) is 18.7 Å². The van der Waals surface area contributed by atoms with Crippen LogP contribution in [-0.2, 0) is 13.2 Å². The van der Waals surface area contributed by atoms with Gasteiger partial charge in [0.25, 0.3) is 0 Å². The lowest BCUT2D eigenvalue weighted by Crippen LogP contribution is -3.00. The summed E-state index contributed by atoms with van der Waals surface area (Å²) in [6.07, 6.45) is 3.46. The van der Waals surface area contributed by atoms with Crippen LogP contribution in [0.2, 0.25) is 5.02 Å². The third-order valence-corrected chi connectivity index (χ3v) is 3.29. The molecule has 0 bridgehead atoms. The van der Waals surface area contributed by atoms with Crippen molar-refractivity contribution in [2.45, 2.75) is 13.2 Å². The van der Waals surface area contributed by atoms with E-state index in [9.17, 15) is 0 Å². The topological polar surface area (TPSA) is 63.6 Å². The van der Waals surface area contributed by atoms with Gasteiger partial charge in [-0.15, -0.1) is 0 Å². The second kappa shape index (κ2) is 10.3. The Morgan fingerprint density at radius 1 is 1.30 bits per heavy atom. The van der Waals surface area contributed by atoms with Crippen molar-refractivity contribution < 1.29 is 27.0 Å². The van der Waals surface area contributed by atoms with Gasteiger partial charge >= 0.3 is 0 Å². The maximum atomic E-state index is 8.78. The Balaban J connectivity index is 0.00000264. The van der Waals surface area contributed by atoms with E-state index in [0.717, 1.165) is 11.1 Å². The molecule has 0 radical (unpaired) electrons. The fourth-order valence-corrected chi connectivity index (χ4v) is 2.25. The molecule has 5 nitrogen and oxygen atoms in total. The number of benzene rings is 1. The zero-order valence-electron chi connectivity index (χ0n) is 12.8. The zero-order valence-corrected chi connectivity index (χ0v) is 14.3. The van der Waals surface area contributed by atoms with Crippen LogP contribution in [0.1, 0.15) is 11.1 Å². The van der Waals surface area contributed by atoms with E-state index in [1.807, 2.05) is 24.3 Å². The number of hydrogen-bond acceptors (Lipinski definition) is 5. The molecule has 0 unspecified atom stereocenters. The first kappa shape index (κ1) is 19.5. The minimum Gasteiger partial charge on any atom is -1.00 e. The van der Waals surface area contributed by atoms with Gasteiger partial charge in [-0.1, -0.05) is 17.7 Å². The molecule has 0 fully saturated rings. The number of ether oxygens (including phenoxy) is 2. The molecular weight excluding hydrogens is 339 g/mol. The summed E-state index contributed by atoms with van der Waals surface area (Å²) in [5.74, 6) is 1.09. The molecule has 0 aliphatic rings. The van der Waals surface area contributed by atoms with Crippen LogP contribution >= 0.6 is 11.6 Å². The summed E-state index contributed by atoms with van der Waals surface area (Å²) in [6.45, 7) is 1.59. The second-order valence-electron chi connectivity index (χ2n) is 4.66. The van der Waals surface area contributed by atoms with Crippen LogP contribution in [0, 0.1) is 0 Å². The molecule has 1 aromatic heterocycles. The number of methoxy groups -OCH3 is 1. The molecule has 0 saturated heterocycles. The highest BCUT2D eigenvalue weighted by atomic mass is 35.5. The number of aromatic nitrogens is 1. The lowest BCUT2D eigenvalue weighted by molar-refractivity contribution is -0.00000610. The lowest BCUT2D eigenvalue weighted by atomic mass is 10.2. The predicted molar refractivity (Wildman–Crippen MR) is 85.4 cm³/mol. The van der Waals surface area contributed by atoms with Crippen LogP contribution in [0.3, 0.4) is 0 Å². The number of halogens is 2. The number of pyridine rings is 1. The molecule has 1 aromatic carbocycles. The SMILES string of the molecule is COc1cc(CNCCO)cc(Cl)c1OCc1cccnc1.[Cl-]. The van der Waals surface area contributed by atoms with Crippen molar-refractivity contribution in [2.24, 2.45) is 0 Å². The van der Waals surface area contributed by atoms with Gasteiger partial charge < -0.3 is 32.3 Å². The first-order chi connectivity index (χ1) is 10.7. The monoisotopic (exact) mass is 357 g/mol. The van der Waals surface area contributed by atoms with Gasteiger partial charge in [-0.3, -0.25) is 4.98 Å². The van der Waals surface area contributed by atoms with Crippen LogP contribution in [0.25, 0.3) is 0 Å². The molecule has 2 rings (SSSR count). The number of aliphatic hydroxyl groups is 1. The summed E-state index contributed by atoms with van der Waals surface area (Å²) < 4.78 is 11.1. The molecule has 0 amide bonds. The highest BCUT2D eigenvalue weighted by Gasteiger charge is 2.12. The van der Waals surface area contributed by atoms with Gasteiger partial charge in [0, 0.05) is 31.0 Å². The van der Waals surface area contributed by atoms with Crippen molar-refractivity contribution in [3.8, 4) is 11.5 Å². The van der Waals surface area contributed by atoms with Gasteiger partial charge in [0.2, 0.25) is 0 Å². The maximum absolute atomic E-state index is 8.78. The molecule has 126 valence electrons. The molecule has 2 aromatic rings. The Morgan fingerprint density at radius 2 is 2.13 bits per heavy atom. The Bertz CT molecular complexity index is 597. The summed E-state index contributed by atoms with van der Waals surface area (Å²) in [5.41, 5.74) is 1.92. The van der Waals surface area contributed by atoms with E-state index in [4.69, 9.17) is 26.2 Å². The van der Waals surface area contributed by atoms with Crippen molar-refractivity contribution in [1.82, 2.24) is 10.3 Å². The molecule has 0 spiro atoms. The Hall–Kier alpha value is -1.53. The number of nitrogens with zero attached hydrogens (tertiary/aromatic N) is 1. The van der Waals surface area contributed by atoms with Crippen molar-refractivity contribution >= 4 is 11.6 Å². The summed E-state index contributed by atoms with van der Waals surface area (Å²) in [6, 6.07) is 7.48. The highest BCUT2D eigenvalue weighted by molar-refractivity contribution is 6.32. The van der Waals surface area contributed by atoms with Crippen molar-refractivity contribution in [1.29, 1.82) is 0 Å². The van der Waals surface area contributed by atoms with E-state index in [0.29, 0.717) is 36.2 Å². The standard InChI is InChI=1S/C16H19ClN2O3.ClH/c1-21-15-8-13(10-19-5-6-20)7-14(17)16(15)22-11-12-3-2-4-18-9-12;/h2-4,7-9,19-20H,5-6,10-11H2,1H3;1H/p-1. The van der Waals surface area contributed by atoms with Gasteiger partial charge in [0.1, 0.15) is 6.61 Å². The molecule has 7 heteroatoms. The Morgan fingerprint density at radius 3 is 2.78 bits per heavy atom. The van der Waals surface area contributed by atoms with Gasteiger partial charge in [0.15, 0.2) is 11.5 Å². The minimum absolute atomic E-state index is 0. The summed E-state index contributed by atoms with van der Waals surface area (Å²) in [4.78, 5) is 4.04. The minimum atomic E-state index is 0. The van der Waals surface area contributed by atoms with Gasteiger partial charge in [-0.05, 0) is 23.8 Å². The fraction of sp³-hybridized carbons (Fsp3) is 0.312. The van der Waals surface area contributed by atoms with Crippen LogP contribution in [-0.4, -0.2) is 30.4 Å². The molecule has 23 heavy (non-hydrogen) atoms. The zero-order chi connectivity index (χ0) is 15.8. The van der Waals surface area contributed by atoms with Crippen LogP contribution in [0.5, 0.6) is 11.5 Å². The van der Waals surface area contributed by atoms with E-state index in [2.05, 4.69) is 10.3 Å². The highest BCUT2D eigenvalue weighted by Crippen LogP contribution is 2.36. The van der Waals surface area contributed by atoms with Crippen LogP contribution in [0.15, 0.2) is 36.7 Å². The summed E-state index contributed by atoms with van der Waals surface area (Å²) >= 11 is 6.29. The fourth-order valence-electron chi connectivity index (χ4n) is 1.97. The third kappa shape index (κ3) is 5.88. The van der Waals surface area contributed by atoms with E-state index in [1.165, 1.54) is 0 Å². The molecular formula is C16H19Cl2N2O3-. The molecule has 0 aliphatic heterocycles. The molecule has 0 aliphatic carbocycles. The lowest BCUT2D eigenvalue weighted by Gasteiger charge is -2.14. The average Bonchev–Trinajstić information content (AvgIpc) is 2.54. The van der Waals surface area contributed by atoms with Crippen molar-refractivity contribution in [3.63, 3.8) is 0 Å². The number of rotatable bonds is 8. The third-order valence-electron chi connectivity index (χ3n) is 3.01. The van der Waals surface area contributed by atoms with Crippen molar-refractivity contribution in [3.05, 3.63) is 52.8 Å². The molecule has 1 heterocycles. The first-order valence-electron chi connectivity index (χ1n) is 6.94. The molecule has 0 saturated carbocycles. The van der Waals surface area contributed by atoms with Crippen molar-refractivity contribution in [2.75, 3.05) is 20.3 Å². The normalized spacial score (nSPS) is 10.0. The average molecular weight is 358 g/mol. The maximum Gasteiger partial charge on any atom is 0.180 e. The van der Waals surface area contributed by atoms with E-state index in [1.54, 1.807) is 19.5 Å². The number of aliphatic hydroxyl groups excluding tert-OH is 1. The summed E-state index contributed by atoms with van der Waals surface area (Å²) in [7, 11) is 1.58. The Labute approximate surface area is 147 Å². The summed E-state index contributed by atoms with van der Waals surface area (Å²) in [5, 5.41) is 12.4. The number of nitrogens with one attached hydrogen (secondary N) is 1.